The molecule has 2 N–H and O–H groups in total. The highest BCUT2D eigenvalue weighted by molar-refractivity contribution is 7.47. The highest BCUT2D eigenvalue weighted by Crippen LogP contribution is 2.43. The van der Waals surface area contributed by atoms with Crippen LogP contribution in [-0.2, 0) is 32.7 Å². The first-order valence-electron chi connectivity index (χ1n) is 22.7. The van der Waals surface area contributed by atoms with Gasteiger partial charge < -0.3 is 24.0 Å². The molecular formula is C50H83NO9P+. The summed E-state index contributed by atoms with van der Waals surface area (Å²) < 4.78 is 34.1. The van der Waals surface area contributed by atoms with Gasteiger partial charge >= 0.3 is 19.8 Å². The number of rotatable bonds is 39. The number of likely N-dealkylation sites (N-methyl/N-ethyl adjacent to an activating group) is 1. The Balaban J connectivity index is 4.64. The lowest BCUT2D eigenvalue weighted by Gasteiger charge is -2.24. The number of phosphoric acid groups is 1. The maximum absolute atomic E-state index is 12.7. The van der Waals surface area contributed by atoms with E-state index in [4.69, 9.17) is 18.5 Å². The molecule has 0 fully saturated rings. The zero-order chi connectivity index (χ0) is 45.1. The van der Waals surface area contributed by atoms with Crippen LogP contribution in [0.4, 0.5) is 0 Å². The van der Waals surface area contributed by atoms with Crippen LogP contribution in [0, 0.1) is 0 Å². The number of hydrogen-bond acceptors (Lipinski definition) is 8. The van der Waals surface area contributed by atoms with Crippen molar-refractivity contribution in [2.24, 2.45) is 0 Å². The van der Waals surface area contributed by atoms with Crippen molar-refractivity contribution < 1.29 is 47.2 Å². The number of hydrogen-bond donors (Lipinski definition) is 2. The van der Waals surface area contributed by atoms with Gasteiger partial charge in [0.15, 0.2) is 6.10 Å². The van der Waals surface area contributed by atoms with Crippen molar-refractivity contribution in [1.82, 2.24) is 0 Å². The number of unbranched alkanes of at least 4 members (excludes halogenated alkanes) is 7. The molecule has 0 aromatic heterocycles. The fourth-order valence-electron chi connectivity index (χ4n) is 5.25. The molecule has 61 heavy (non-hydrogen) atoms. The number of nitrogens with zero attached hydrogens (tertiary/aromatic N) is 1. The van der Waals surface area contributed by atoms with Gasteiger partial charge in [0.05, 0.1) is 33.9 Å². The fraction of sp³-hybridized carbons (Fsp3) is 0.600. The highest BCUT2D eigenvalue weighted by Gasteiger charge is 2.27. The number of quaternary nitrogens is 1. The average Bonchev–Trinajstić information content (AvgIpc) is 3.21. The third-order valence-corrected chi connectivity index (χ3v) is 9.85. The van der Waals surface area contributed by atoms with Crippen molar-refractivity contribution in [2.75, 3.05) is 47.5 Å². The molecule has 0 bridgehead atoms. The van der Waals surface area contributed by atoms with Gasteiger partial charge in [-0.15, -0.1) is 0 Å². The van der Waals surface area contributed by atoms with Gasteiger partial charge in [-0.2, -0.15) is 0 Å². The predicted molar refractivity (Wildman–Crippen MR) is 253 cm³/mol. The largest absolute Gasteiger partial charge is 0.472 e. The van der Waals surface area contributed by atoms with E-state index in [0.29, 0.717) is 43.1 Å². The van der Waals surface area contributed by atoms with E-state index < -0.39 is 38.6 Å². The molecule has 3 atom stereocenters. The first kappa shape index (κ1) is 57.6. The van der Waals surface area contributed by atoms with E-state index >= 15 is 0 Å². The summed E-state index contributed by atoms with van der Waals surface area (Å²) in [5.74, 6) is -1.01. The summed E-state index contributed by atoms with van der Waals surface area (Å²) in [6.07, 6.45) is 51.9. The van der Waals surface area contributed by atoms with Gasteiger partial charge in [-0.05, 0) is 83.5 Å². The Kier molecular flexibility index (Phi) is 38.4. The van der Waals surface area contributed by atoms with Gasteiger partial charge in [-0.3, -0.25) is 18.6 Å². The molecule has 0 radical (unpaired) electrons. The summed E-state index contributed by atoms with van der Waals surface area (Å²) in [6, 6.07) is 0. The molecular weight excluding hydrogens is 790 g/mol. The second-order valence-corrected chi connectivity index (χ2v) is 17.4. The summed E-state index contributed by atoms with van der Waals surface area (Å²) in [5, 5.41) is 10.1. The standard InChI is InChI=1S/C50H82NO9P/c1-6-8-10-12-14-15-16-17-18-19-20-21-22-23-24-25-29-33-37-41-49(53)57-45-48(46-59-61(55,56)58-44-43-51(3,4)5)60-50(54)42-38-34-30-27-26-28-32-36-40-47(52)39-35-31-13-11-9-7-2/h14-15,17-18,20-21,23-24,27-33,35-36,40,47-48,52H,6-13,16,19,22,25-26,34,37-39,41-46H2,1-5H3/p+1/b15-14-,18-17-,21-20-,24-23-,30-27-,32-28-,33-29-,35-31-,40-36+/t47-,48+/m0/s1. The van der Waals surface area contributed by atoms with E-state index in [1.807, 2.05) is 69.8 Å². The minimum atomic E-state index is -4.43. The minimum Gasteiger partial charge on any atom is -0.462 e. The monoisotopic (exact) mass is 873 g/mol. The van der Waals surface area contributed by atoms with Crippen molar-refractivity contribution in [3.8, 4) is 0 Å². The second-order valence-electron chi connectivity index (χ2n) is 15.9. The predicted octanol–water partition coefficient (Wildman–Crippen LogP) is 12.1. The number of carbonyl (C=O) groups is 2. The molecule has 11 heteroatoms. The Morgan fingerprint density at radius 3 is 1.66 bits per heavy atom. The van der Waals surface area contributed by atoms with E-state index in [-0.39, 0.29) is 26.1 Å². The molecule has 0 spiro atoms. The van der Waals surface area contributed by atoms with E-state index in [9.17, 15) is 24.2 Å². The number of carbonyl (C=O) groups excluding carboxylic acids is 2. The molecule has 0 aliphatic carbocycles. The molecule has 0 heterocycles. The topological polar surface area (TPSA) is 129 Å². The summed E-state index contributed by atoms with van der Waals surface area (Å²) in [7, 11) is 1.35. The maximum Gasteiger partial charge on any atom is 0.472 e. The molecule has 0 aliphatic heterocycles. The summed E-state index contributed by atoms with van der Waals surface area (Å²) in [4.78, 5) is 35.3. The van der Waals surface area contributed by atoms with E-state index in [0.717, 1.165) is 32.1 Å². The molecule has 0 rings (SSSR count). The summed E-state index contributed by atoms with van der Waals surface area (Å²) in [5.41, 5.74) is 0. The number of aliphatic hydroxyl groups excluding tert-OH is 1. The first-order valence-corrected chi connectivity index (χ1v) is 24.2. The molecule has 0 aromatic carbocycles. The number of esters is 2. The van der Waals surface area contributed by atoms with Crippen molar-refractivity contribution in [3.05, 3.63) is 109 Å². The van der Waals surface area contributed by atoms with Gasteiger partial charge in [0, 0.05) is 12.8 Å². The Morgan fingerprint density at radius 2 is 1.10 bits per heavy atom. The zero-order valence-electron chi connectivity index (χ0n) is 38.5. The molecule has 1 unspecified atom stereocenters. The number of ether oxygens (including phenoxy) is 2. The van der Waals surface area contributed by atoms with Crippen LogP contribution in [0.5, 0.6) is 0 Å². The van der Waals surface area contributed by atoms with Crippen molar-refractivity contribution in [3.63, 3.8) is 0 Å². The second kappa shape index (κ2) is 40.7. The number of aliphatic hydroxyl groups is 1. The smallest absolute Gasteiger partial charge is 0.462 e. The van der Waals surface area contributed by atoms with Crippen LogP contribution in [0.25, 0.3) is 0 Å². The Labute approximate surface area is 370 Å². The van der Waals surface area contributed by atoms with Gasteiger partial charge in [0.1, 0.15) is 19.8 Å². The van der Waals surface area contributed by atoms with Crippen molar-refractivity contribution >= 4 is 19.8 Å². The van der Waals surface area contributed by atoms with Gasteiger partial charge in [-0.25, -0.2) is 4.57 Å². The number of phosphoric ester groups is 1. The van der Waals surface area contributed by atoms with Crippen LogP contribution in [0.2, 0.25) is 0 Å². The molecule has 0 aromatic rings. The fourth-order valence-corrected chi connectivity index (χ4v) is 5.99. The van der Waals surface area contributed by atoms with Crippen LogP contribution in [0.3, 0.4) is 0 Å². The molecule has 0 aliphatic rings. The SMILES string of the molecule is CCCCC/C=C\C/C=C\C/C=C\C/C=C\C/C=C\CCC(=O)OC[C@H](COP(=O)(O)OCC[N+](C)(C)C)OC(=O)CCC/C=C\C/C=C\C=C\[C@@H](O)C/C=C\CCCCC. The first-order chi connectivity index (χ1) is 29.4. The lowest BCUT2D eigenvalue weighted by atomic mass is 10.1. The average molecular weight is 873 g/mol. The van der Waals surface area contributed by atoms with Crippen LogP contribution in [0.1, 0.15) is 136 Å². The van der Waals surface area contributed by atoms with E-state index in [1.165, 1.54) is 44.9 Å². The van der Waals surface area contributed by atoms with Crippen molar-refractivity contribution in [2.45, 2.75) is 148 Å². The number of allylic oxidation sites excluding steroid dienone is 16. The molecule has 0 amide bonds. The third-order valence-electron chi connectivity index (χ3n) is 8.87. The quantitative estimate of drug-likeness (QED) is 0.0155. The highest BCUT2D eigenvalue weighted by atomic mass is 31.2. The third kappa shape index (κ3) is 44.5. The lowest BCUT2D eigenvalue weighted by molar-refractivity contribution is -0.870. The van der Waals surface area contributed by atoms with E-state index in [2.05, 4.69) is 68.5 Å². The van der Waals surface area contributed by atoms with E-state index in [1.54, 1.807) is 6.08 Å². The van der Waals surface area contributed by atoms with Crippen LogP contribution in [-0.4, -0.2) is 86.1 Å². The molecule has 0 saturated heterocycles. The van der Waals surface area contributed by atoms with Crippen LogP contribution >= 0.6 is 7.82 Å². The Bertz CT molecular complexity index is 1420. The summed E-state index contributed by atoms with van der Waals surface area (Å²) in [6.45, 7) is 4.09. The Morgan fingerprint density at radius 1 is 0.590 bits per heavy atom. The van der Waals surface area contributed by atoms with Crippen LogP contribution in [0.15, 0.2) is 109 Å². The molecule has 0 saturated carbocycles. The van der Waals surface area contributed by atoms with Gasteiger partial charge in [-0.1, -0.05) is 149 Å². The zero-order valence-corrected chi connectivity index (χ0v) is 39.4. The van der Waals surface area contributed by atoms with Gasteiger partial charge in [0.2, 0.25) is 0 Å². The normalized spacial score (nSPS) is 15.1. The maximum atomic E-state index is 12.7. The van der Waals surface area contributed by atoms with Gasteiger partial charge in [0.25, 0.3) is 0 Å². The minimum absolute atomic E-state index is 0.00703. The molecule has 346 valence electrons. The molecule has 10 nitrogen and oxygen atoms in total. The van der Waals surface area contributed by atoms with Crippen LogP contribution < -0.4 is 0 Å². The Hall–Kier alpha value is -3.37. The summed E-state index contributed by atoms with van der Waals surface area (Å²) >= 11 is 0. The lowest BCUT2D eigenvalue weighted by Crippen LogP contribution is -2.37. The van der Waals surface area contributed by atoms with Crippen molar-refractivity contribution in [1.29, 1.82) is 0 Å².